The van der Waals surface area contributed by atoms with E-state index in [1.54, 1.807) is 12.1 Å². The lowest BCUT2D eigenvalue weighted by molar-refractivity contribution is -0.384. The van der Waals surface area contributed by atoms with Crippen molar-refractivity contribution in [2.75, 3.05) is 0 Å². The Morgan fingerprint density at radius 3 is 2.42 bits per heavy atom. The number of hydrogen-bond donors (Lipinski definition) is 1. The van der Waals surface area contributed by atoms with E-state index in [4.69, 9.17) is 0 Å². The maximum Gasteiger partial charge on any atom is 0.269 e. The quantitative estimate of drug-likeness (QED) is 0.666. The molecular formula is C14H16N2O3. The van der Waals surface area contributed by atoms with Gasteiger partial charge in [-0.25, -0.2) is 0 Å². The Morgan fingerprint density at radius 1 is 1.21 bits per heavy atom. The van der Waals surface area contributed by atoms with Crippen molar-refractivity contribution >= 4 is 11.6 Å². The van der Waals surface area contributed by atoms with E-state index in [0.29, 0.717) is 6.54 Å². The highest BCUT2D eigenvalue weighted by atomic mass is 16.6. The molecule has 0 aliphatic heterocycles. The van der Waals surface area contributed by atoms with Crippen molar-refractivity contribution in [3.8, 4) is 0 Å². The first kappa shape index (κ1) is 12.1. The van der Waals surface area contributed by atoms with E-state index >= 15 is 0 Å². The number of nitrogens with one attached hydrogen (secondary N) is 1. The summed E-state index contributed by atoms with van der Waals surface area (Å²) in [5.74, 6) is 1.91. The van der Waals surface area contributed by atoms with E-state index in [2.05, 4.69) is 5.32 Å². The number of nitro groups is 1. The third kappa shape index (κ3) is 2.59. The topological polar surface area (TPSA) is 72.2 Å². The van der Waals surface area contributed by atoms with Crippen LogP contribution in [0, 0.1) is 27.9 Å². The van der Waals surface area contributed by atoms with E-state index in [1.165, 1.54) is 18.6 Å². The molecule has 100 valence electrons. The molecule has 5 heteroatoms. The molecule has 0 heterocycles. The Kier molecular flexibility index (Phi) is 2.97. The van der Waals surface area contributed by atoms with Crippen LogP contribution in [0.5, 0.6) is 0 Å². The van der Waals surface area contributed by atoms with Gasteiger partial charge in [0, 0.05) is 24.6 Å². The molecule has 0 aromatic heterocycles. The van der Waals surface area contributed by atoms with E-state index in [1.807, 2.05) is 0 Å². The number of fused-ring (bicyclic) bond motifs is 1. The molecule has 2 fully saturated rings. The van der Waals surface area contributed by atoms with Gasteiger partial charge in [-0.1, -0.05) is 12.1 Å². The van der Waals surface area contributed by atoms with Gasteiger partial charge in [0.1, 0.15) is 0 Å². The normalized spacial score (nSPS) is 27.7. The molecule has 0 saturated heterocycles. The summed E-state index contributed by atoms with van der Waals surface area (Å²) in [6.07, 6.45) is 3.39. The summed E-state index contributed by atoms with van der Waals surface area (Å²) in [6, 6.07) is 6.30. The number of non-ortho nitro benzene ring substituents is 1. The molecule has 2 saturated carbocycles. The van der Waals surface area contributed by atoms with E-state index in [-0.39, 0.29) is 17.5 Å². The van der Waals surface area contributed by atoms with Crippen molar-refractivity contribution in [2.24, 2.45) is 17.8 Å². The highest BCUT2D eigenvalue weighted by molar-refractivity contribution is 5.79. The summed E-state index contributed by atoms with van der Waals surface area (Å²) >= 11 is 0. The highest BCUT2D eigenvalue weighted by Crippen LogP contribution is 2.54. The van der Waals surface area contributed by atoms with Crippen molar-refractivity contribution in [1.82, 2.24) is 5.32 Å². The van der Waals surface area contributed by atoms with Crippen LogP contribution in [0.1, 0.15) is 24.8 Å². The minimum Gasteiger partial charge on any atom is -0.352 e. The van der Waals surface area contributed by atoms with Gasteiger partial charge in [0.15, 0.2) is 0 Å². The zero-order chi connectivity index (χ0) is 13.4. The molecule has 0 spiro atoms. The summed E-state index contributed by atoms with van der Waals surface area (Å²) in [5, 5.41) is 13.4. The molecule has 3 rings (SSSR count). The van der Waals surface area contributed by atoms with Gasteiger partial charge in [-0.15, -0.1) is 0 Å². The molecular weight excluding hydrogens is 244 g/mol. The predicted molar refractivity (Wildman–Crippen MR) is 69.3 cm³/mol. The minimum absolute atomic E-state index is 0.0750. The highest BCUT2D eigenvalue weighted by Gasteiger charge is 2.47. The maximum absolute atomic E-state index is 11.9. The van der Waals surface area contributed by atoms with Crippen molar-refractivity contribution < 1.29 is 9.72 Å². The van der Waals surface area contributed by atoms with Gasteiger partial charge < -0.3 is 5.32 Å². The Morgan fingerprint density at radius 2 is 1.84 bits per heavy atom. The zero-order valence-electron chi connectivity index (χ0n) is 10.5. The first-order chi connectivity index (χ1) is 9.13. The molecule has 1 N–H and O–H groups in total. The maximum atomic E-state index is 11.9. The standard InChI is InChI=1S/C14H16N2O3/c17-14(12-6-10-5-11(10)7-12)15-8-9-1-3-13(4-2-9)16(18)19/h1-4,10-12H,5-8H2,(H,15,17). The Hall–Kier alpha value is -1.91. The third-order valence-electron chi connectivity index (χ3n) is 4.23. The fourth-order valence-electron chi connectivity index (χ4n) is 3.00. The molecule has 2 aliphatic rings. The summed E-state index contributed by atoms with van der Waals surface area (Å²) < 4.78 is 0. The van der Waals surface area contributed by atoms with Crippen LogP contribution in [0.4, 0.5) is 5.69 Å². The molecule has 1 aromatic rings. The van der Waals surface area contributed by atoms with Crippen molar-refractivity contribution in [2.45, 2.75) is 25.8 Å². The number of hydrogen-bond acceptors (Lipinski definition) is 3. The molecule has 1 amide bonds. The van der Waals surface area contributed by atoms with Gasteiger partial charge in [-0.2, -0.15) is 0 Å². The summed E-state index contributed by atoms with van der Waals surface area (Å²) in [4.78, 5) is 22.0. The summed E-state index contributed by atoms with van der Waals surface area (Å²) in [6.45, 7) is 0.447. The summed E-state index contributed by atoms with van der Waals surface area (Å²) in [5.41, 5.74) is 0.966. The average Bonchev–Trinajstić information content (AvgIpc) is 3.03. The second-order valence-electron chi connectivity index (χ2n) is 5.57. The molecule has 19 heavy (non-hydrogen) atoms. The smallest absolute Gasteiger partial charge is 0.269 e. The van der Waals surface area contributed by atoms with Crippen LogP contribution in [0.3, 0.4) is 0 Å². The van der Waals surface area contributed by atoms with Crippen LogP contribution in [0.15, 0.2) is 24.3 Å². The number of carbonyl (C=O) groups excluding carboxylic acids is 1. The van der Waals surface area contributed by atoms with Gasteiger partial charge in [0.2, 0.25) is 5.91 Å². The van der Waals surface area contributed by atoms with Gasteiger partial charge in [-0.05, 0) is 36.7 Å². The van der Waals surface area contributed by atoms with Gasteiger partial charge in [-0.3, -0.25) is 14.9 Å². The third-order valence-corrected chi connectivity index (χ3v) is 4.23. The fraction of sp³-hybridized carbons (Fsp3) is 0.500. The number of nitrogens with zero attached hydrogens (tertiary/aromatic N) is 1. The lowest BCUT2D eigenvalue weighted by Gasteiger charge is -2.12. The van der Waals surface area contributed by atoms with Crippen LogP contribution in [-0.2, 0) is 11.3 Å². The monoisotopic (exact) mass is 260 g/mol. The first-order valence-corrected chi connectivity index (χ1v) is 6.64. The van der Waals surface area contributed by atoms with Crippen molar-refractivity contribution in [3.63, 3.8) is 0 Å². The molecule has 0 bridgehead atoms. The van der Waals surface area contributed by atoms with Gasteiger partial charge >= 0.3 is 0 Å². The molecule has 2 aliphatic carbocycles. The van der Waals surface area contributed by atoms with Crippen LogP contribution < -0.4 is 5.32 Å². The van der Waals surface area contributed by atoms with Crippen LogP contribution in [-0.4, -0.2) is 10.8 Å². The van der Waals surface area contributed by atoms with Crippen LogP contribution in [0.25, 0.3) is 0 Å². The number of benzene rings is 1. The predicted octanol–water partition coefficient (Wildman–Crippen LogP) is 2.26. The van der Waals surface area contributed by atoms with Crippen molar-refractivity contribution in [1.29, 1.82) is 0 Å². The van der Waals surface area contributed by atoms with Gasteiger partial charge in [0.05, 0.1) is 4.92 Å². The largest absolute Gasteiger partial charge is 0.352 e. The second kappa shape index (κ2) is 4.64. The Bertz CT molecular complexity index is 502. The van der Waals surface area contributed by atoms with E-state index < -0.39 is 4.92 Å². The summed E-state index contributed by atoms with van der Waals surface area (Å²) in [7, 11) is 0. The molecule has 2 atom stereocenters. The Labute approximate surface area is 111 Å². The number of nitro benzene ring substituents is 1. The van der Waals surface area contributed by atoms with E-state index in [0.717, 1.165) is 30.2 Å². The zero-order valence-corrected chi connectivity index (χ0v) is 10.5. The second-order valence-corrected chi connectivity index (χ2v) is 5.57. The fourth-order valence-corrected chi connectivity index (χ4v) is 3.00. The Balaban J connectivity index is 1.51. The van der Waals surface area contributed by atoms with Gasteiger partial charge in [0.25, 0.3) is 5.69 Å². The van der Waals surface area contributed by atoms with Crippen LogP contribution in [0.2, 0.25) is 0 Å². The molecule has 1 aromatic carbocycles. The number of carbonyl (C=O) groups is 1. The van der Waals surface area contributed by atoms with Crippen LogP contribution >= 0.6 is 0 Å². The van der Waals surface area contributed by atoms with E-state index in [9.17, 15) is 14.9 Å². The first-order valence-electron chi connectivity index (χ1n) is 6.64. The lowest BCUT2D eigenvalue weighted by atomic mass is 10.0. The number of rotatable bonds is 4. The van der Waals surface area contributed by atoms with Crippen molar-refractivity contribution in [3.05, 3.63) is 39.9 Å². The molecule has 5 nitrogen and oxygen atoms in total. The molecule has 0 radical (unpaired) electrons. The number of amides is 1. The average molecular weight is 260 g/mol. The molecule has 2 unspecified atom stereocenters. The lowest BCUT2D eigenvalue weighted by Crippen LogP contribution is -2.29. The minimum atomic E-state index is -0.423. The SMILES string of the molecule is O=C(NCc1ccc([N+](=O)[O-])cc1)C1CC2CC2C1.